The fourth-order valence-electron chi connectivity index (χ4n) is 4.41. The van der Waals surface area contributed by atoms with Crippen molar-refractivity contribution in [3.05, 3.63) is 58.9 Å². The van der Waals surface area contributed by atoms with E-state index in [1.807, 2.05) is 51.7 Å². The molecule has 7 nitrogen and oxygen atoms in total. The number of nitrogens with zero attached hydrogens (tertiary/aromatic N) is 4. The first kappa shape index (κ1) is 23.1. The lowest BCUT2D eigenvalue weighted by molar-refractivity contribution is -0.129. The molecule has 0 saturated carbocycles. The average Bonchev–Trinajstić information content (AvgIpc) is 3.66. The molecule has 2 saturated heterocycles. The molecule has 3 aromatic rings. The van der Waals surface area contributed by atoms with Crippen LogP contribution in [0.25, 0.3) is 11.3 Å². The molecule has 9 heteroatoms. The van der Waals surface area contributed by atoms with Crippen LogP contribution in [0.15, 0.2) is 59.2 Å². The van der Waals surface area contributed by atoms with Crippen LogP contribution in [0, 0.1) is 0 Å². The molecule has 2 amide bonds. The van der Waals surface area contributed by atoms with Crippen molar-refractivity contribution < 1.29 is 14.3 Å². The Morgan fingerprint density at radius 1 is 1.06 bits per heavy atom. The van der Waals surface area contributed by atoms with E-state index >= 15 is 0 Å². The number of amides is 2. The summed E-state index contributed by atoms with van der Waals surface area (Å²) in [6.07, 6.45) is 4.21. The lowest BCUT2D eigenvalue weighted by Crippen LogP contribution is -2.51. The van der Waals surface area contributed by atoms with E-state index in [9.17, 15) is 9.59 Å². The number of carbonyl (C=O) groups is 2. The van der Waals surface area contributed by atoms with Gasteiger partial charge in [0.1, 0.15) is 0 Å². The summed E-state index contributed by atoms with van der Waals surface area (Å²) in [6.45, 7) is 3.82. The minimum atomic E-state index is 0.0566. The highest BCUT2D eigenvalue weighted by atomic mass is 32.2. The number of rotatable bonds is 7. The van der Waals surface area contributed by atoms with Gasteiger partial charge in [-0.15, -0.1) is 11.3 Å². The number of piperazine rings is 1. The number of hydrogen-bond acceptors (Lipinski definition) is 6. The van der Waals surface area contributed by atoms with E-state index in [0.29, 0.717) is 31.9 Å². The molecule has 1 unspecified atom stereocenters. The van der Waals surface area contributed by atoms with Crippen molar-refractivity contribution in [1.82, 2.24) is 19.4 Å². The summed E-state index contributed by atoms with van der Waals surface area (Å²) in [5.74, 6) is 0.470. The Bertz CT molecular complexity index is 1100. The Kier molecular flexibility index (Phi) is 7.32. The molecular formula is C25H28N4O3S2. The van der Waals surface area contributed by atoms with Crippen LogP contribution in [-0.2, 0) is 16.1 Å². The topological polar surface area (TPSA) is 67.7 Å². The molecule has 2 aromatic heterocycles. The summed E-state index contributed by atoms with van der Waals surface area (Å²) in [5.41, 5.74) is 2.16. The van der Waals surface area contributed by atoms with Crippen molar-refractivity contribution >= 4 is 34.9 Å². The number of imidazole rings is 1. The van der Waals surface area contributed by atoms with Gasteiger partial charge in [0, 0.05) is 32.8 Å². The van der Waals surface area contributed by atoms with Crippen LogP contribution < -0.4 is 0 Å². The minimum absolute atomic E-state index is 0.0566. The molecule has 1 atom stereocenters. The SMILES string of the molecule is O=C(CSc1ncc(-c2ccccc2)n1CC1CCCO1)N1CCN(C(=O)c2cccs2)CC1. The smallest absolute Gasteiger partial charge is 0.264 e. The van der Waals surface area contributed by atoms with Gasteiger partial charge < -0.3 is 19.1 Å². The van der Waals surface area contributed by atoms with Gasteiger partial charge in [-0.25, -0.2) is 4.98 Å². The van der Waals surface area contributed by atoms with Crippen LogP contribution >= 0.6 is 23.1 Å². The zero-order valence-electron chi connectivity index (χ0n) is 19.0. The Morgan fingerprint density at radius 2 is 1.85 bits per heavy atom. The number of aromatic nitrogens is 2. The maximum Gasteiger partial charge on any atom is 0.264 e. The molecule has 0 aliphatic carbocycles. The van der Waals surface area contributed by atoms with E-state index in [-0.39, 0.29) is 17.9 Å². The molecule has 34 heavy (non-hydrogen) atoms. The normalized spacial score (nSPS) is 18.4. The van der Waals surface area contributed by atoms with Crippen LogP contribution in [0.4, 0.5) is 0 Å². The first-order chi connectivity index (χ1) is 16.7. The number of thioether (sulfide) groups is 1. The third-order valence-electron chi connectivity index (χ3n) is 6.28. The van der Waals surface area contributed by atoms with E-state index in [2.05, 4.69) is 21.7 Å². The first-order valence-corrected chi connectivity index (χ1v) is 13.5. The number of benzene rings is 1. The highest BCUT2D eigenvalue weighted by Crippen LogP contribution is 2.28. The van der Waals surface area contributed by atoms with Crippen molar-refractivity contribution in [3.63, 3.8) is 0 Å². The third kappa shape index (κ3) is 5.21. The highest BCUT2D eigenvalue weighted by molar-refractivity contribution is 7.99. The molecule has 5 rings (SSSR count). The molecule has 0 spiro atoms. The highest BCUT2D eigenvalue weighted by Gasteiger charge is 2.26. The van der Waals surface area contributed by atoms with Gasteiger partial charge >= 0.3 is 0 Å². The van der Waals surface area contributed by atoms with Crippen LogP contribution in [0.3, 0.4) is 0 Å². The Hall–Kier alpha value is -2.62. The summed E-state index contributed by atoms with van der Waals surface area (Å²) in [4.78, 5) is 34.6. The lowest BCUT2D eigenvalue weighted by atomic mass is 10.1. The molecule has 0 N–H and O–H groups in total. The molecule has 2 aliphatic heterocycles. The van der Waals surface area contributed by atoms with Crippen molar-refractivity contribution in [2.75, 3.05) is 38.5 Å². The van der Waals surface area contributed by atoms with Crippen LogP contribution in [-0.4, -0.2) is 75.8 Å². The third-order valence-corrected chi connectivity index (χ3v) is 8.11. The lowest BCUT2D eigenvalue weighted by Gasteiger charge is -2.34. The molecular weight excluding hydrogens is 468 g/mol. The molecule has 0 radical (unpaired) electrons. The van der Waals surface area contributed by atoms with Crippen molar-refractivity contribution in [2.24, 2.45) is 0 Å². The van der Waals surface area contributed by atoms with Crippen molar-refractivity contribution in [3.8, 4) is 11.3 Å². The van der Waals surface area contributed by atoms with Gasteiger partial charge in [0.15, 0.2) is 5.16 Å². The van der Waals surface area contributed by atoms with Crippen LogP contribution in [0.5, 0.6) is 0 Å². The minimum Gasteiger partial charge on any atom is -0.376 e. The molecule has 1 aromatic carbocycles. The maximum atomic E-state index is 13.0. The molecule has 4 heterocycles. The van der Waals surface area contributed by atoms with Gasteiger partial charge in [-0.3, -0.25) is 9.59 Å². The van der Waals surface area contributed by atoms with Crippen LogP contribution in [0.1, 0.15) is 22.5 Å². The van der Waals surface area contributed by atoms with E-state index in [1.165, 1.54) is 23.1 Å². The largest absolute Gasteiger partial charge is 0.376 e. The number of carbonyl (C=O) groups excluding carboxylic acids is 2. The van der Waals surface area contributed by atoms with Gasteiger partial charge in [0.05, 0.1) is 35.2 Å². The van der Waals surface area contributed by atoms with E-state index in [0.717, 1.165) is 47.3 Å². The summed E-state index contributed by atoms with van der Waals surface area (Å²) < 4.78 is 8.08. The van der Waals surface area contributed by atoms with Crippen molar-refractivity contribution in [1.29, 1.82) is 0 Å². The van der Waals surface area contributed by atoms with Gasteiger partial charge in [-0.1, -0.05) is 48.2 Å². The fraction of sp³-hybridized carbons (Fsp3) is 0.400. The summed E-state index contributed by atoms with van der Waals surface area (Å²) in [5, 5.41) is 2.75. The predicted molar refractivity (Wildman–Crippen MR) is 134 cm³/mol. The average molecular weight is 497 g/mol. The standard InChI is InChI=1S/C25H28N4O3S2/c30-23(27-10-12-28(13-11-27)24(31)22-9-5-15-33-22)18-34-25-26-16-21(19-6-2-1-3-7-19)29(25)17-20-8-4-14-32-20/h1-3,5-7,9,15-16,20H,4,8,10-14,17-18H2. The molecule has 2 aliphatic rings. The van der Waals surface area contributed by atoms with Crippen LogP contribution in [0.2, 0.25) is 0 Å². The predicted octanol–water partition coefficient (Wildman–Crippen LogP) is 3.87. The van der Waals surface area contributed by atoms with E-state index < -0.39 is 0 Å². The quantitative estimate of drug-likeness (QED) is 0.465. The van der Waals surface area contributed by atoms with Gasteiger partial charge in [0.2, 0.25) is 5.91 Å². The fourth-order valence-corrected chi connectivity index (χ4v) is 6.00. The second-order valence-electron chi connectivity index (χ2n) is 8.48. The van der Waals surface area contributed by atoms with E-state index in [1.54, 1.807) is 0 Å². The monoisotopic (exact) mass is 496 g/mol. The zero-order chi connectivity index (χ0) is 23.3. The first-order valence-electron chi connectivity index (χ1n) is 11.6. The summed E-state index contributed by atoms with van der Waals surface area (Å²) in [7, 11) is 0. The second kappa shape index (κ2) is 10.8. The molecule has 178 valence electrons. The molecule has 0 bridgehead atoms. The van der Waals surface area contributed by atoms with Gasteiger partial charge in [-0.2, -0.15) is 0 Å². The number of thiophene rings is 1. The summed E-state index contributed by atoms with van der Waals surface area (Å²) >= 11 is 2.94. The van der Waals surface area contributed by atoms with Gasteiger partial charge in [-0.05, 0) is 29.9 Å². The second-order valence-corrected chi connectivity index (χ2v) is 10.4. The molecule has 2 fully saturated rings. The Balaban J connectivity index is 1.21. The summed E-state index contributed by atoms with van der Waals surface area (Å²) in [6, 6.07) is 14.0. The Morgan fingerprint density at radius 3 is 2.56 bits per heavy atom. The van der Waals surface area contributed by atoms with Gasteiger partial charge in [0.25, 0.3) is 5.91 Å². The zero-order valence-corrected chi connectivity index (χ0v) is 20.6. The number of hydrogen-bond donors (Lipinski definition) is 0. The van der Waals surface area contributed by atoms with E-state index in [4.69, 9.17) is 4.74 Å². The van der Waals surface area contributed by atoms with Crippen molar-refractivity contribution in [2.45, 2.75) is 30.6 Å². The number of ether oxygens (including phenoxy) is 1. The Labute approximate surface area is 207 Å². The maximum absolute atomic E-state index is 13.0.